The maximum atomic E-state index is 10.8. The molecule has 0 heterocycles. The van der Waals surface area contributed by atoms with Crippen molar-refractivity contribution in [1.82, 2.24) is 0 Å². The molecule has 0 aromatic rings. The van der Waals surface area contributed by atoms with Crippen LogP contribution in [0.3, 0.4) is 0 Å². The van der Waals surface area contributed by atoms with Crippen LogP contribution in [0.15, 0.2) is 0 Å². The van der Waals surface area contributed by atoms with Gasteiger partial charge in [0.05, 0.1) is 12.3 Å². The highest BCUT2D eigenvalue weighted by Gasteiger charge is 2.09. The Labute approximate surface area is 75.8 Å². The zero-order valence-electron chi connectivity index (χ0n) is 6.79. The lowest BCUT2D eigenvalue weighted by Crippen LogP contribution is -2.16. The Hall–Kier alpha value is -0.770. The molecule has 0 aliphatic rings. The molecule has 0 rings (SSSR count). The molecule has 0 aliphatic heterocycles. The van der Waals surface area contributed by atoms with Crippen molar-refractivity contribution >= 4 is 24.0 Å². The Morgan fingerprint density at radius 1 is 1.67 bits per heavy atom. The molecule has 0 bridgehead atoms. The summed E-state index contributed by atoms with van der Waals surface area (Å²) in [5.41, 5.74) is 0. The van der Waals surface area contributed by atoms with Crippen molar-refractivity contribution < 1.29 is 19.1 Å². The molecule has 0 aromatic heterocycles. The van der Waals surface area contributed by atoms with Crippen molar-refractivity contribution in [2.24, 2.45) is 0 Å². The van der Waals surface area contributed by atoms with Crippen LogP contribution in [-0.4, -0.2) is 31.0 Å². The summed E-state index contributed by atoms with van der Waals surface area (Å²) in [6.07, 6.45) is -0.374. The molecule has 0 spiro atoms. The molecule has 0 fully saturated rings. The smallest absolute Gasteiger partial charge is 0.309 e. The second-order valence-electron chi connectivity index (χ2n) is 2.16. The molecule has 1 atom stereocenters. The van der Waals surface area contributed by atoms with Crippen LogP contribution in [0.5, 0.6) is 0 Å². The summed E-state index contributed by atoms with van der Waals surface area (Å²) < 4.78 is 9.12. The molecule has 1 unspecified atom stereocenters. The van der Waals surface area contributed by atoms with Gasteiger partial charge in [-0.05, 0) is 6.92 Å². The summed E-state index contributed by atoms with van der Waals surface area (Å²) in [6.45, 7) is 2.10. The van der Waals surface area contributed by atoms with Crippen LogP contribution >= 0.6 is 11.6 Å². The number of carbonyl (C=O) groups is 2. The molecular weight excluding hydrogens is 184 g/mol. The molecule has 0 aromatic carbocycles. The fourth-order valence-corrected chi connectivity index (χ4v) is 0.666. The molecule has 0 saturated carbocycles. The first-order valence-electron chi connectivity index (χ1n) is 3.51. The van der Waals surface area contributed by atoms with Gasteiger partial charge in [0, 0.05) is 0 Å². The summed E-state index contributed by atoms with van der Waals surface area (Å²) in [7, 11) is 0. The average Bonchev–Trinajstić information content (AvgIpc) is 2.01. The predicted molar refractivity (Wildman–Crippen MR) is 42.9 cm³/mol. The molecule has 0 radical (unpaired) electrons. The molecule has 0 N–H and O–H groups in total. The maximum Gasteiger partial charge on any atom is 0.309 e. The first-order chi connectivity index (χ1) is 5.70. The molecule has 12 heavy (non-hydrogen) atoms. The number of hydrogen-bond donors (Lipinski definition) is 0. The summed E-state index contributed by atoms with van der Waals surface area (Å²) >= 11 is 5.28. The number of hydrogen-bond acceptors (Lipinski definition) is 4. The number of halogens is 1. The first kappa shape index (κ1) is 11.2. The van der Waals surface area contributed by atoms with E-state index in [2.05, 4.69) is 9.47 Å². The van der Waals surface area contributed by atoms with E-state index in [4.69, 9.17) is 11.6 Å². The second kappa shape index (κ2) is 6.91. The highest BCUT2D eigenvalue weighted by molar-refractivity contribution is 6.18. The number of carbonyl (C=O) groups excluding carboxylic acids is 2. The van der Waals surface area contributed by atoms with Gasteiger partial charge in [0.25, 0.3) is 6.47 Å². The summed E-state index contributed by atoms with van der Waals surface area (Å²) in [4.78, 5) is 20.6. The first-order valence-corrected chi connectivity index (χ1v) is 4.04. The lowest BCUT2D eigenvalue weighted by atomic mass is 10.3. The van der Waals surface area contributed by atoms with E-state index in [1.165, 1.54) is 0 Å². The Morgan fingerprint density at radius 2 is 2.33 bits per heavy atom. The van der Waals surface area contributed by atoms with Crippen LogP contribution < -0.4 is 0 Å². The van der Waals surface area contributed by atoms with Crippen molar-refractivity contribution in [2.75, 3.05) is 12.5 Å². The van der Waals surface area contributed by atoms with Crippen molar-refractivity contribution in [1.29, 1.82) is 0 Å². The third kappa shape index (κ3) is 5.97. The van der Waals surface area contributed by atoms with Crippen LogP contribution in [0.1, 0.15) is 13.3 Å². The highest BCUT2D eigenvalue weighted by Crippen LogP contribution is 1.97. The van der Waals surface area contributed by atoms with E-state index in [0.717, 1.165) is 0 Å². The van der Waals surface area contributed by atoms with Crippen LogP contribution in [0.4, 0.5) is 0 Å². The molecular formula is C7H11ClO4. The molecule has 0 saturated heterocycles. The highest BCUT2D eigenvalue weighted by atomic mass is 35.5. The van der Waals surface area contributed by atoms with E-state index in [1.54, 1.807) is 6.92 Å². The molecule has 0 aliphatic carbocycles. The minimum atomic E-state index is -0.440. The number of ether oxygens (including phenoxy) is 2. The van der Waals surface area contributed by atoms with Crippen molar-refractivity contribution in [3.05, 3.63) is 0 Å². The normalized spacial score (nSPS) is 11.8. The largest absolute Gasteiger partial charge is 0.464 e. The van der Waals surface area contributed by atoms with Crippen molar-refractivity contribution in [2.45, 2.75) is 19.4 Å². The number of alkyl halides is 1. The molecule has 5 heteroatoms. The van der Waals surface area contributed by atoms with Gasteiger partial charge in [-0.3, -0.25) is 9.59 Å². The van der Waals surface area contributed by atoms with E-state index < -0.39 is 12.1 Å². The van der Waals surface area contributed by atoms with Gasteiger partial charge in [-0.25, -0.2) is 0 Å². The second-order valence-corrected chi connectivity index (χ2v) is 2.53. The van der Waals surface area contributed by atoms with Gasteiger partial charge in [-0.1, -0.05) is 0 Å². The summed E-state index contributed by atoms with van der Waals surface area (Å²) in [5, 5.41) is 0. The topological polar surface area (TPSA) is 52.6 Å². The van der Waals surface area contributed by atoms with Crippen molar-refractivity contribution in [3.63, 3.8) is 0 Å². The van der Waals surface area contributed by atoms with Gasteiger partial charge in [-0.2, -0.15) is 0 Å². The fraction of sp³-hybridized carbons (Fsp3) is 0.714. The number of esters is 1. The minimum Gasteiger partial charge on any atom is -0.464 e. The van der Waals surface area contributed by atoms with Gasteiger partial charge in [0.1, 0.15) is 12.7 Å². The summed E-state index contributed by atoms with van der Waals surface area (Å²) in [5.74, 6) is -0.140. The SMILES string of the molecule is CC(CC(=O)OCCCl)OC=O. The van der Waals surface area contributed by atoms with Gasteiger partial charge < -0.3 is 9.47 Å². The van der Waals surface area contributed by atoms with Gasteiger partial charge >= 0.3 is 5.97 Å². The number of rotatable bonds is 6. The molecule has 70 valence electrons. The Balaban J connectivity index is 3.46. The molecule has 0 amide bonds. The fourth-order valence-electron chi connectivity index (χ4n) is 0.589. The van der Waals surface area contributed by atoms with Crippen LogP contribution in [0.2, 0.25) is 0 Å². The summed E-state index contributed by atoms with van der Waals surface area (Å²) in [6, 6.07) is 0. The van der Waals surface area contributed by atoms with E-state index in [0.29, 0.717) is 6.47 Å². The monoisotopic (exact) mass is 194 g/mol. The predicted octanol–water partition coefficient (Wildman–Crippen LogP) is 0.720. The standard InChI is InChI=1S/C7H11ClO4/c1-6(12-5-9)4-7(10)11-3-2-8/h5-6H,2-4H2,1H3. The zero-order valence-corrected chi connectivity index (χ0v) is 7.54. The Kier molecular flexibility index (Phi) is 6.47. The van der Waals surface area contributed by atoms with E-state index in [9.17, 15) is 9.59 Å². The third-order valence-corrected chi connectivity index (χ3v) is 1.24. The van der Waals surface area contributed by atoms with Crippen LogP contribution in [0, 0.1) is 0 Å². The van der Waals surface area contributed by atoms with Crippen LogP contribution in [0.25, 0.3) is 0 Å². The maximum absolute atomic E-state index is 10.8. The van der Waals surface area contributed by atoms with Crippen molar-refractivity contribution in [3.8, 4) is 0 Å². The van der Waals surface area contributed by atoms with Gasteiger partial charge in [0.15, 0.2) is 0 Å². The zero-order chi connectivity index (χ0) is 9.40. The lowest BCUT2D eigenvalue weighted by Gasteiger charge is -2.07. The van der Waals surface area contributed by atoms with E-state index >= 15 is 0 Å². The minimum absolute atomic E-state index is 0.0651. The van der Waals surface area contributed by atoms with E-state index in [-0.39, 0.29) is 18.9 Å². The molecule has 4 nitrogen and oxygen atoms in total. The van der Waals surface area contributed by atoms with Gasteiger partial charge in [-0.15, -0.1) is 11.6 Å². The Bertz CT molecular complexity index is 148. The average molecular weight is 195 g/mol. The third-order valence-electron chi connectivity index (χ3n) is 1.08. The quantitative estimate of drug-likeness (QED) is 0.355. The van der Waals surface area contributed by atoms with Gasteiger partial charge in [0.2, 0.25) is 0 Å². The van der Waals surface area contributed by atoms with Crippen LogP contribution in [-0.2, 0) is 19.1 Å². The van der Waals surface area contributed by atoms with E-state index in [1.807, 2.05) is 0 Å². The lowest BCUT2D eigenvalue weighted by molar-refractivity contribution is -0.147. The Morgan fingerprint density at radius 3 is 2.83 bits per heavy atom.